The Morgan fingerprint density at radius 2 is 2.06 bits per heavy atom. The van der Waals surface area contributed by atoms with Crippen molar-refractivity contribution in [2.45, 2.75) is 6.54 Å². The SMILES string of the molecule is CN(C=O)Cc1cc(NC=O)ccc1C=O. The van der Waals surface area contributed by atoms with Gasteiger partial charge in [-0.3, -0.25) is 14.4 Å². The summed E-state index contributed by atoms with van der Waals surface area (Å²) in [6.45, 7) is 0.325. The van der Waals surface area contributed by atoms with Crippen molar-refractivity contribution in [3.05, 3.63) is 29.3 Å². The third-order valence-corrected chi connectivity index (χ3v) is 2.10. The largest absolute Gasteiger partial charge is 0.344 e. The van der Waals surface area contributed by atoms with Gasteiger partial charge in [-0.25, -0.2) is 0 Å². The van der Waals surface area contributed by atoms with Crippen LogP contribution in [0, 0.1) is 0 Å². The number of nitrogens with one attached hydrogen (secondary N) is 1. The van der Waals surface area contributed by atoms with E-state index < -0.39 is 0 Å². The fraction of sp³-hybridized carbons (Fsp3) is 0.182. The molecule has 0 saturated carbocycles. The van der Waals surface area contributed by atoms with Crippen LogP contribution in [-0.4, -0.2) is 31.1 Å². The van der Waals surface area contributed by atoms with Gasteiger partial charge in [0, 0.05) is 24.8 Å². The van der Waals surface area contributed by atoms with E-state index in [9.17, 15) is 14.4 Å². The Kier molecular flexibility index (Phi) is 4.20. The fourth-order valence-corrected chi connectivity index (χ4v) is 1.32. The minimum Gasteiger partial charge on any atom is -0.344 e. The minimum absolute atomic E-state index is 0.325. The summed E-state index contributed by atoms with van der Waals surface area (Å²) >= 11 is 0. The molecule has 1 aromatic carbocycles. The van der Waals surface area contributed by atoms with Gasteiger partial charge in [0.05, 0.1) is 0 Å². The maximum atomic E-state index is 10.8. The number of carbonyl (C=O) groups excluding carboxylic acids is 3. The molecule has 84 valence electrons. The average Bonchev–Trinajstić information content (AvgIpc) is 2.30. The van der Waals surface area contributed by atoms with Crippen LogP contribution in [0.15, 0.2) is 18.2 Å². The Balaban J connectivity index is 3.00. The van der Waals surface area contributed by atoms with Crippen LogP contribution in [0.25, 0.3) is 0 Å². The Morgan fingerprint density at radius 3 is 2.62 bits per heavy atom. The van der Waals surface area contributed by atoms with E-state index >= 15 is 0 Å². The summed E-state index contributed by atoms with van der Waals surface area (Å²) in [7, 11) is 1.61. The van der Waals surface area contributed by atoms with Gasteiger partial charge >= 0.3 is 0 Å². The molecule has 0 unspecified atom stereocenters. The highest BCUT2D eigenvalue weighted by Crippen LogP contribution is 2.15. The lowest BCUT2D eigenvalue weighted by atomic mass is 10.1. The first kappa shape index (κ1) is 11.9. The zero-order valence-electron chi connectivity index (χ0n) is 8.84. The lowest BCUT2D eigenvalue weighted by Gasteiger charge is -2.13. The Hall–Kier alpha value is -2.17. The molecule has 1 N–H and O–H groups in total. The molecule has 0 aliphatic heterocycles. The van der Waals surface area contributed by atoms with Crippen LogP contribution >= 0.6 is 0 Å². The molecule has 0 fully saturated rings. The molecule has 0 aromatic heterocycles. The summed E-state index contributed by atoms with van der Waals surface area (Å²) in [5, 5.41) is 2.49. The molecule has 0 aliphatic carbocycles. The third-order valence-electron chi connectivity index (χ3n) is 2.10. The first-order valence-electron chi connectivity index (χ1n) is 4.65. The van der Waals surface area contributed by atoms with E-state index in [0.717, 1.165) is 6.29 Å². The van der Waals surface area contributed by atoms with Crippen molar-refractivity contribution in [1.29, 1.82) is 0 Å². The molecule has 5 heteroatoms. The molecule has 0 atom stereocenters. The van der Waals surface area contributed by atoms with E-state index in [1.54, 1.807) is 25.2 Å². The topological polar surface area (TPSA) is 66.5 Å². The van der Waals surface area contributed by atoms with Gasteiger partial charge in [0.15, 0.2) is 0 Å². The summed E-state index contributed by atoms with van der Waals surface area (Å²) in [5.41, 5.74) is 1.79. The molecule has 0 heterocycles. The van der Waals surface area contributed by atoms with E-state index in [1.807, 2.05) is 0 Å². The maximum absolute atomic E-state index is 10.8. The Labute approximate surface area is 93.1 Å². The van der Waals surface area contributed by atoms with Crippen molar-refractivity contribution in [3.63, 3.8) is 0 Å². The molecule has 0 spiro atoms. The van der Waals surface area contributed by atoms with Crippen molar-refractivity contribution in [1.82, 2.24) is 4.90 Å². The highest BCUT2D eigenvalue weighted by atomic mass is 16.1. The monoisotopic (exact) mass is 220 g/mol. The van der Waals surface area contributed by atoms with E-state index in [1.165, 1.54) is 4.90 Å². The molecule has 0 bridgehead atoms. The second kappa shape index (κ2) is 5.65. The van der Waals surface area contributed by atoms with Gasteiger partial charge in [0.1, 0.15) is 6.29 Å². The van der Waals surface area contributed by atoms with Gasteiger partial charge in [-0.1, -0.05) is 0 Å². The predicted molar refractivity (Wildman–Crippen MR) is 59.0 cm³/mol. The molecule has 2 amide bonds. The van der Waals surface area contributed by atoms with E-state index in [-0.39, 0.29) is 0 Å². The summed E-state index contributed by atoms with van der Waals surface area (Å²) < 4.78 is 0. The first-order valence-corrected chi connectivity index (χ1v) is 4.65. The van der Waals surface area contributed by atoms with E-state index in [0.29, 0.717) is 36.2 Å². The molecule has 0 radical (unpaired) electrons. The third kappa shape index (κ3) is 2.91. The number of hydrogen-bond acceptors (Lipinski definition) is 3. The van der Waals surface area contributed by atoms with Crippen molar-refractivity contribution in [2.75, 3.05) is 12.4 Å². The summed E-state index contributed by atoms with van der Waals surface area (Å²) in [6, 6.07) is 4.90. The van der Waals surface area contributed by atoms with Crippen LogP contribution in [-0.2, 0) is 16.1 Å². The van der Waals surface area contributed by atoms with Crippen molar-refractivity contribution < 1.29 is 14.4 Å². The van der Waals surface area contributed by atoms with Crippen LogP contribution < -0.4 is 5.32 Å². The average molecular weight is 220 g/mol. The van der Waals surface area contributed by atoms with Gasteiger partial charge < -0.3 is 10.2 Å². The Morgan fingerprint density at radius 1 is 1.31 bits per heavy atom. The molecule has 0 aliphatic rings. The van der Waals surface area contributed by atoms with Crippen LogP contribution in [0.3, 0.4) is 0 Å². The fourth-order valence-electron chi connectivity index (χ4n) is 1.32. The number of aldehydes is 1. The minimum atomic E-state index is 0.325. The van der Waals surface area contributed by atoms with Crippen LogP contribution in [0.5, 0.6) is 0 Å². The van der Waals surface area contributed by atoms with Crippen molar-refractivity contribution in [2.24, 2.45) is 0 Å². The van der Waals surface area contributed by atoms with E-state index in [2.05, 4.69) is 5.32 Å². The maximum Gasteiger partial charge on any atom is 0.211 e. The second-order valence-electron chi connectivity index (χ2n) is 3.31. The lowest BCUT2D eigenvalue weighted by molar-refractivity contribution is -0.117. The molecular weight excluding hydrogens is 208 g/mol. The smallest absolute Gasteiger partial charge is 0.211 e. The van der Waals surface area contributed by atoms with Gasteiger partial charge in [-0.05, 0) is 23.8 Å². The number of anilines is 1. The molecule has 5 nitrogen and oxygen atoms in total. The van der Waals surface area contributed by atoms with Crippen LogP contribution in [0.1, 0.15) is 15.9 Å². The van der Waals surface area contributed by atoms with Gasteiger partial charge in [0.2, 0.25) is 12.8 Å². The molecule has 0 saturated heterocycles. The van der Waals surface area contributed by atoms with Gasteiger partial charge in [-0.2, -0.15) is 0 Å². The summed E-state index contributed by atoms with van der Waals surface area (Å²) in [4.78, 5) is 32.9. The number of nitrogens with zero attached hydrogens (tertiary/aromatic N) is 1. The molecule has 1 rings (SSSR count). The van der Waals surface area contributed by atoms with Gasteiger partial charge in [-0.15, -0.1) is 0 Å². The number of carbonyl (C=O) groups is 3. The first-order chi connectivity index (χ1) is 7.71. The molecule has 16 heavy (non-hydrogen) atoms. The Bertz CT molecular complexity index is 404. The number of benzene rings is 1. The second-order valence-corrected chi connectivity index (χ2v) is 3.31. The lowest BCUT2D eigenvalue weighted by Crippen LogP contribution is -2.16. The normalized spacial score (nSPS) is 9.31. The molecule has 1 aromatic rings. The zero-order chi connectivity index (χ0) is 12.0. The predicted octanol–water partition coefficient (Wildman–Crippen LogP) is 0.656. The summed E-state index contributed by atoms with van der Waals surface area (Å²) in [6.07, 6.45) is 1.95. The number of hydrogen-bond donors (Lipinski definition) is 1. The zero-order valence-corrected chi connectivity index (χ0v) is 8.84. The summed E-state index contributed by atoms with van der Waals surface area (Å²) in [5.74, 6) is 0. The van der Waals surface area contributed by atoms with Crippen molar-refractivity contribution in [3.8, 4) is 0 Å². The molecular formula is C11H12N2O3. The van der Waals surface area contributed by atoms with E-state index in [4.69, 9.17) is 0 Å². The highest BCUT2D eigenvalue weighted by Gasteiger charge is 2.05. The number of rotatable bonds is 6. The number of amides is 2. The van der Waals surface area contributed by atoms with Crippen LogP contribution in [0.4, 0.5) is 5.69 Å². The van der Waals surface area contributed by atoms with Gasteiger partial charge in [0.25, 0.3) is 0 Å². The van der Waals surface area contributed by atoms with Crippen LogP contribution in [0.2, 0.25) is 0 Å². The standard InChI is InChI=1S/C11H12N2O3/c1-13(8-16)5-10-4-11(12-7-15)3-2-9(10)6-14/h2-4,6-8H,5H2,1H3,(H,12,15). The van der Waals surface area contributed by atoms with Crippen molar-refractivity contribution >= 4 is 24.8 Å². The quantitative estimate of drug-likeness (QED) is 0.716. The highest BCUT2D eigenvalue weighted by molar-refractivity contribution is 5.80.